The minimum atomic E-state index is -1.63. The first-order valence-electron chi connectivity index (χ1n) is 5.90. The van der Waals surface area contributed by atoms with E-state index in [9.17, 15) is 26.3 Å². The van der Waals surface area contributed by atoms with Gasteiger partial charge in [-0.3, -0.25) is 0 Å². The van der Waals surface area contributed by atoms with Crippen molar-refractivity contribution < 1.29 is 26.3 Å². The maximum atomic E-state index is 14.0. The van der Waals surface area contributed by atoms with Crippen molar-refractivity contribution in [2.75, 3.05) is 0 Å². The van der Waals surface area contributed by atoms with Crippen LogP contribution in [0.1, 0.15) is 22.6 Å². The van der Waals surface area contributed by atoms with Crippen molar-refractivity contribution in [1.29, 1.82) is 0 Å². The fraction of sp³-hybridized carbons (Fsp3) is 0.0667. The molecule has 0 spiro atoms. The van der Waals surface area contributed by atoms with Crippen molar-refractivity contribution in [2.45, 2.75) is 5.92 Å². The molecule has 1 unspecified atom stereocenters. The summed E-state index contributed by atoms with van der Waals surface area (Å²) in [6.07, 6.45) is 0. The predicted octanol–water partition coefficient (Wildman–Crippen LogP) is 5.00. The first kappa shape index (κ1) is 13.7. The van der Waals surface area contributed by atoms with Crippen LogP contribution in [0.3, 0.4) is 0 Å². The Hall–Kier alpha value is -2.24. The van der Waals surface area contributed by atoms with E-state index in [1.807, 2.05) is 0 Å². The van der Waals surface area contributed by atoms with E-state index in [2.05, 4.69) is 0 Å². The molecule has 0 fully saturated rings. The van der Waals surface area contributed by atoms with Crippen molar-refractivity contribution in [2.24, 2.45) is 0 Å². The molecule has 108 valence electrons. The van der Waals surface area contributed by atoms with Crippen LogP contribution in [0.5, 0.6) is 0 Å². The molecule has 1 aliphatic carbocycles. The van der Waals surface area contributed by atoms with Gasteiger partial charge in [0.15, 0.2) is 29.1 Å². The summed E-state index contributed by atoms with van der Waals surface area (Å²) in [6, 6.07) is 4.64. The number of allylic oxidation sites excluding steroid dienone is 1. The van der Waals surface area contributed by atoms with E-state index < -0.39 is 52.0 Å². The van der Waals surface area contributed by atoms with E-state index in [1.165, 1.54) is 0 Å². The third-order valence-corrected chi connectivity index (χ3v) is 3.41. The molecule has 1 aliphatic rings. The van der Waals surface area contributed by atoms with Gasteiger partial charge >= 0.3 is 0 Å². The third-order valence-electron chi connectivity index (χ3n) is 3.41. The molecule has 1 atom stereocenters. The number of benzene rings is 2. The Morgan fingerprint density at radius 2 is 1.33 bits per heavy atom. The van der Waals surface area contributed by atoms with Crippen LogP contribution >= 0.6 is 0 Å². The minimum absolute atomic E-state index is 0.284. The van der Waals surface area contributed by atoms with Crippen LogP contribution < -0.4 is 0 Å². The summed E-state index contributed by atoms with van der Waals surface area (Å²) < 4.78 is 81.6. The van der Waals surface area contributed by atoms with E-state index in [0.717, 1.165) is 24.3 Å². The second-order valence-corrected chi connectivity index (χ2v) is 4.56. The van der Waals surface area contributed by atoms with Gasteiger partial charge in [0.2, 0.25) is 0 Å². The summed E-state index contributed by atoms with van der Waals surface area (Å²) >= 11 is 0. The third kappa shape index (κ3) is 1.86. The monoisotopic (exact) mass is 300 g/mol. The fourth-order valence-corrected chi connectivity index (χ4v) is 2.46. The first-order chi connectivity index (χ1) is 9.93. The van der Waals surface area contributed by atoms with Crippen LogP contribution in [-0.2, 0) is 0 Å². The SMILES string of the molecule is FC1=C(F)C(c2cccc(F)c2F)c2ccc(F)c(F)c21. The van der Waals surface area contributed by atoms with Gasteiger partial charge in [0.05, 0.1) is 11.5 Å². The molecular formula is C15H6F6. The maximum absolute atomic E-state index is 14.0. The zero-order valence-electron chi connectivity index (χ0n) is 10.2. The van der Waals surface area contributed by atoms with E-state index in [4.69, 9.17) is 0 Å². The van der Waals surface area contributed by atoms with Crippen molar-refractivity contribution in [3.63, 3.8) is 0 Å². The van der Waals surface area contributed by atoms with E-state index in [1.54, 1.807) is 0 Å². The number of hydrogen-bond acceptors (Lipinski definition) is 0. The predicted molar refractivity (Wildman–Crippen MR) is 63.7 cm³/mol. The Bertz CT molecular complexity index is 778. The van der Waals surface area contributed by atoms with E-state index in [-0.39, 0.29) is 5.56 Å². The summed E-state index contributed by atoms with van der Waals surface area (Å²) in [6.45, 7) is 0. The molecule has 0 radical (unpaired) electrons. The van der Waals surface area contributed by atoms with Crippen LogP contribution in [0.4, 0.5) is 26.3 Å². The van der Waals surface area contributed by atoms with Gasteiger partial charge in [0.1, 0.15) is 5.83 Å². The molecule has 0 saturated carbocycles. The van der Waals surface area contributed by atoms with Gasteiger partial charge in [0, 0.05) is 5.56 Å². The van der Waals surface area contributed by atoms with Crippen molar-refractivity contribution in [1.82, 2.24) is 0 Å². The summed E-state index contributed by atoms with van der Waals surface area (Å²) in [7, 11) is 0. The zero-order valence-corrected chi connectivity index (χ0v) is 10.2. The molecule has 0 amide bonds. The van der Waals surface area contributed by atoms with Crippen LogP contribution in [0, 0.1) is 23.3 Å². The second-order valence-electron chi connectivity index (χ2n) is 4.56. The maximum Gasteiger partial charge on any atom is 0.169 e. The quantitative estimate of drug-likeness (QED) is 0.650. The van der Waals surface area contributed by atoms with Gasteiger partial charge in [-0.2, -0.15) is 0 Å². The second kappa shape index (κ2) is 4.65. The van der Waals surface area contributed by atoms with Crippen molar-refractivity contribution >= 4 is 5.83 Å². The Labute approximate surface area is 115 Å². The van der Waals surface area contributed by atoms with Crippen molar-refractivity contribution in [3.8, 4) is 0 Å². The Kier molecular flexibility index (Phi) is 3.04. The fourth-order valence-electron chi connectivity index (χ4n) is 2.46. The normalized spacial score (nSPS) is 17.3. The summed E-state index contributed by atoms with van der Waals surface area (Å²) in [5.74, 6) is -10.2. The highest BCUT2D eigenvalue weighted by Gasteiger charge is 2.38. The molecule has 0 saturated heterocycles. The van der Waals surface area contributed by atoms with Gasteiger partial charge in [-0.05, 0) is 17.7 Å². The lowest BCUT2D eigenvalue weighted by Gasteiger charge is -2.13. The minimum Gasteiger partial charge on any atom is -0.208 e. The molecule has 2 aromatic rings. The lowest BCUT2D eigenvalue weighted by molar-refractivity contribution is 0.487. The molecule has 3 rings (SSSR count). The van der Waals surface area contributed by atoms with Gasteiger partial charge in [-0.1, -0.05) is 18.2 Å². The van der Waals surface area contributed by atoms with Crippen molar-refractivity contribution in [3.05, 3.63) is 76.1 Å². The smallest absolute Gasteiger partial charge is 0.169 e. The lowest BCUT2D eigenvalue weighted by Crippen LogP contribution is -2.04. The van der Waals surface area contributed by atoms with Crippen LogP contribution in [0.15, 0.2) is 36.2 Å². The number of hydrogen-bond donors (Lipinski definition) is 0. The van der Waals surface area contributed by atoms with Gasteiger partial charge in [-0.15, -0.1) is 0 Å². The topological polar surface area (TPSA) is 0 Å². The molecule has 0 nitrogen and oxygen atoms in total. The zero-order chi connectivity index (χ0) is 15.3. The van der Waals surface area contributed by atoms with E-state index >= 15 is 0 Å². The summed E-state index contributed by atoms with van der Waals surface area (Å²) in [4.78, 5) is 0. The highest BCUT2D eigenvalue weighted by molar-refractivity contribution is 5.74. The highest BCUT2D eigenvalue weighted by Crippen LogP contribution is 2.48. The number of fused-ring (bicyclic) bond motifs is 1. The van der Waals surface area contributed by atoms with E-state index in [0.29, 0.717) is 6.07 Å². The molecule has 0 bridgehead atoms. The molecule has 0 heterocycles. The number of rotatable bonds is 1. The molecule has 6 heteroatoms. The molecule has 0 N–H and O–H groups in total. The first-order valence-corrected chi connectivity index (χ1v) is 5.90. The summed E-state index contributed by atoms with van der Waals surface area (Å²) in [5, 5.41) is 0. The Morgan fingerprint density at radius 3 is 2.05 bits per heavy atom. The molecule has 0 aromatic heterocycles. The van der Waals surface area contributed by atoms with Crippen LogP contribution in [-0.4, -0.2) is 0 Å². The van der Waals surface area contributed by atoms with Crippen LogP contribution in [0.2, 0.25) is 0 Å². The summed E-state index contributed by atoms with van der Waals surface area (Å²) in [5.41, 5.74) is -1.65. The average molecular weight is 300 g/mol. The Morgan fingerprint density at radius 1 is 0.667 bits per heavy atom. The Balaban J connectivity index is 2.29. The average Bonchev–Trinajstić information content (AvgIpc) is 2.70. The number of halogens is 6. The molecular weight excluding hydrogens is 294 g/mol. The van der Waals surface area contributed by atoms with Gasteiger partial charge in [-0.25, -0.2) is 26.3 Å². The van der Waals surface area contributed by atoms with Crippen LogP contribution in [0.25, 0.3) is 5.83 Å². The molecule has 21 heavy (non-hydrogen) atoms. The lowest BCUT2D eigenvalue weighted by atomic mass is 9.92. The van der Waals surface area contributed by atoms with Gasteiger partial charge in [0.25, 0.3) is 0 Å². The standard InChI is InChI=1S/C15H6F6/c16-8-3-1-2-7(12(8)18)10-6-4-5-9(17)13(19)11(6)15(21)14(10)20/h1-5,10H. The van der Waals surface area contributed by atoms with Gasteiger partial charge < -0.3 is 0 Å². The highest BCUT2D eigenvalue weighted by atomic mass is 19.2. The molecule has 2 aromatic carbocycles. The largest absolute Gasteiger partial charge is 0.208 e. The molecule has 0 aliphatic heterocycles.